The number of nitrogens with one attached hydrogen (secondary N) is 2. The highest BCUT2D eigenvalue weighted by atomic mass is 19.1. The molecule has 0 saturated heterocycles. The molecular formula is C32H31F3N4O4. The molecule has 3 aromatic rings. The number of likely N-dealkylation sites (N-methyl/N-ethyl adjacent to an activating group) is 1. The first kappa shape index (κ1) is 29.8. The highest BCUT2D eigenvalue weighted by molar-refractivity contribution is 6.06. The number of benzene rings is 3. The van der Waals surface area contributed by atoms with E-state index in [2.05, 4.69) is 10.6 Å². The van der Waals surface area contributed by atoms with Gasteiger partial charge in [0.15, 0.2) is 0 Å². The normalized spacial score (nSPS) is 18.0. The molecule has 2 N–H and O–H groups in total. The van der Waals surface area contributed by atoms with Crippen molar-refractivity contribution in [3.05, 3.63) is 100 Å². The molecule has 8 nitrogen and oxygen atoms in total. The van der Waals surface area contributed by atoms with Gasteiger partial charge in [0.25, 0.3) is 5.91 Å². The Balaban J connectivity index is 1.29. The first-order chi connectivity index (χ1) is 20.5. The van der Waals surface area contributed by atoms with Crippen LogP contribution in [-0.2, 0) is 45.0 Å². The van der Waals surface area contributed by atoms with E-state index in [1.807, 2.05) is 18.2 Å². The monoisotopic (exact) mass is 592 g/mol. The van der Waals surface area contributed by atoms with Gasteiger partial charge in [-0.25, -0.2) is 13.2 Å². The summed E-state index contributed by atoms with van der Waals surface area (Å²) in [5.41, 5.74) is 3.38. The number of amides is 4. The molecule has 3 atom stereocenters. The summed E-state index contributed by atoms with van der Waals surface area (Å²) in [6, 6.07) is 13.3. The summed E-state index contributed by atoms with van der Waals surface area (Å²) >= 11 is 0. The first-order valence-corrected chi connectivity index (χ1v) is 14.0. The van der Waals surface area contributed by atoms with Crippen LogP contribution in [0.2, 0.25) is 0 Å². The zero-order chi connectivity index (χ0) is 30.8. The minimum absolute atomic E-state index is 0.0214. The van der Waals surface area contributed by atoms with Crippen molar-refractivity contribution in [2.75, 3.05) is 11.9 Å². The molecule has 4 amide bonds. The third-order valence-corrected chi connectivity index (χ3v) is 7.98. The van der Waals surface area contributed by atoms with Gasteiger partial charge in [-0.2, -0.15) is 0 Å². The van der Waals surface area contributed by atoms with Crippen LogP contribution in [0.1, 0.15) is 35.6 Å². The lowest BCUT2D eigenvalue weighted by atomic mass is 10.0. The number of rotatable bonds is 8. The van der Waals surface area contributed by atoms with E-state index in [0.29, 0.717) is 18.4 Å². The van der Waals surface area contributed by atoms with E-state index >= 15 is 0 Å². The van der Waals surface area contributed by atoms with Crippen LogP contribution in [0.5, 0.6) is 0 Å². The fourth-order valence-corrected chi connectivity index (χ4v) is 5.59. The Kier molecular flexibility index (Phi) is 8.52. The Labute approximate surface area is 246 Å². The number of para-hydroxylation sites is 1. The number of hydrogen-bond acceptors (Lipinski definition) is 4. The third-order valence-electron chi connectivity index (χ3n) is 7.98. The average molecular weight is 593 g/mol. The van der Waals surface area contributed by atoms with Crippen molar-refractivity contribution in [1.29, 1.82) is 0 Å². The van der Waals surface area contributed by atoms with Gasteiger partial charge >= 0.3 is 0 Å². The second kappa shape index (κ2) is 12.3. The summed E-state index contributed by atoms with van der Waals surface area (Å²) in [4.78, 5) is 56.1. The molecule has 3 aromatic carbocycles. The van der Waals surface area contributed by atoms with E-state index in [1.54, 1.807) is 24.1 Å². The van der Waals surface area contributed by atoms with Crippen LogP contribution in [0.15, 0.2) is 60.7 Å². The highest BCUT2D eigenvalue weighted by Gasteiger charge is 2.44. The number of carbonyl (C=O) groups excluding carboxylic acids is 4. The Hall–Kier alpha value is -4.67. The van der Waals surface area contributed by atoms with Crippen LogP contribution in [0.25, 0.3) is 0 Å². The first-order valence-electron chi connectivity index (χ1n) is 14.0. The maximum absolute atomic E-state index is 14.0. The molecule has 0 saturated carbocycles. The molecule has 2 heterocycles. The van der Waals surface area contributed by atoms with E-state index in [1.165, 1.54) is 24.0 Å². The maximum atomic E-state index is 14.0. The van der Waals surface area contributed by atoms with Gasteiger partial charge in [-0.15, -0.1) is 0 Å². The fraction of sp³-hybridized carbons (Fsp3) is 0.312. The minimum atomic E-state index is -1.19. The largest absolute Gasteiger partial charge is 0.351 e. The van der Waals surface area contributed by atoms with Crippen LogP contribution in [-0.4, -0.2) is 47.8 Å². The zero-order valence-electron chi connectivity index (χ0n) is 23.7. The Morgan fingerprint density at radius 3 is 2.30 bits per heavy atom. The van der Waals surface area contributed by atoms with E-state index in [9.17, 15) is 32.3 Å². The standard InChI is InChI=1S/C32H31F3N4O4/c1-18(30(41)36-17-20-12-24(34)16-25(35)13-20)31(42)37-26-11-8-21-4-3-5-22-15-27(39(29(21)22)32(26)43)38(2)28(40)14-19-6-9-23(33)10-7-19/h3-7,9-10,12-13,16,18,26-27H,8,11,14-15,17H2,1-2H3,(H,36,41)(H,37,42). The number of carbonyl (C=O) groups is 4. The lowest BCUT2D eigenvalue weighted by molar-refractivity contribution is -0.137. The third kappa shape index (κ3) is 6.40. The van der Waals surface area contributed by atoms with Gasteiger partial charge in [0.1, 0.15) is 35.6 Å². The van der Waals surface area contributed by atoms with Crippen molar-refractivity contribution in [3.8, 4) is 0 Å². The summed E-state index contributed by atoms with van der Waals surface area (Å²) < 4.78 is 40.3. The predicted molar refractivity (Wildman–Crippen MR) is 152 cm³/mol. The summed E-state index contributed by atoms with van der Waals surface area (Å²) in [7, 11) is 1.62. The SMILES string of the molecule is CC(C(=O)NCc1cc(F)cc(F)c1)C(=O)NC1CCc2cccc3c2N(C1=O)C(N(C)C(=O)Cc1ccc(F)cc1)C3. The molecule has 0 spiro atoms. The molecule has 43 heavy (non-hydrogen) atoms. The smallest absolute Gasteiger partial charge is 0.251 e. The molecule has 2 aliphatic heterocycles. The van der Waals surface area contributed by atoms with E-state index in [-0.39, 0.29) is 30.9 Å². The van der Waals surface area contributed by atoms with E-state index < -0.39 is 53.3 Å². The number of anilines is 1. The van der Waals surface area contributed by atoms with Crippen LogP contribution >= 0.6 is 0 Å². The van der Waals surface area contributed by atoms with Crippen molar-refractivity contribution in [2.45, 2.75) is 51.4 Å². The summed E-state index contributed by atoms with van der Waals surface area (Å²) in [5, 5.41) is 5.21. The zero-order valence-corrected chi connectivity index (χ0v) is 23.7. The molecule has 0 bridgehead atoms. The number of halogens is 3. The van der Waals surface area contributed by atoms with Crippen molar-refractivity contribution in [3.63, 3.8) is 0 Å². The van der Waals surface area contributed by atoms with E-state index in [0.717, 1.165) is 35.0 Å². The van der Waals surface area contributed by atoms with Crippen LogP contribution in [0, 0.1) is 23.4 Å². The Morgan fingerprint density at radius 2 is 1.60 bits per heavy atom. The van der Waals surface area contributed by atoms with Gasteiger partial charge in [-0.1, -0.05) is 30.3 Å². The summed E-state index contributed by atoms with van der Waals surface area (Å²) in [6.07, 6.45) is 0.562. The van der Waals surface area contributed by atoms with Crippen molar-refractivity contribution < 1.29 is 32.3 Å². The quantitative estimate of drug-likeness (QED) is 0.392. The summed E-state index contributed by atoms with van der Waals surface area (Å²) in [5.74, 6) is -5.16. The lowest BCUT2D eigenvalue weighted by Crippen LogP contribution is -2.56. The van der Waals surface area contributed by atoms with Crippen molar-refractivity contribution >= 4 is 29.3 Å². The van der Waals surface area contributed by atoms with Gasteiger partial charge < -0.3 is 15.5 Å². The molecule has 3 unspecified atom stereocenters. The van der Waals surface area contributed by atoms with Crippen molar-refractivity contribution in [2.24, 2.45) is 5.92 Å². The second-order valence-electron chi connectivity index (χ2n) is 10.9. The van der Waals surface area contributed by atoms with Gasteiger partial charge in [-0.05, 0) is 66.3 Å². The van der Waals surface area contributed by atoms with Gasteiger partial charge in [0.05, 0.1) is 12.1 Å². The summed E-state index contributed by atoms with van der Waals surface area (Å²) in [6.45, 7) is 1.20. The Bertz CT molecular complexity index is 1560. The Morgan fingerprint density at radius 1 is 0.930 bits per heavy atom. The van der Waals surface area contributed by atoms with Gasteiger partial charge in [0.2, 0.25) is 17.7 Å². The topological polar surface area (TPSA) is 98.8 Å². The molecular weight excluding hydrogens is 561 g/mol. The molecule has 224 valence electrons. The molecule has 0 fully saturated rings. The molecule has 0 radical (unpaired) electrons. The van der Waals surface area contributed by atoms with Gasteiger partial charge in [-0.3, -0.25) is 24.1 Å². The van der Waals surface area contributed by atoms with Gasteiger partial charge in [0, 0.05) is 26.1 Å². The number of hydrogen-bond donors (Lipinski definition) is 2. The minimum Gasteiger partial charge on any atom is -0.351 e. The average Bonchev–Trinajstić information content (AvgIpc) is 3.31. The number of aryl methyl sites for hydroxylation is 1. The van der Waals surface area contributed by atoms with Crippen LogP contribution in [0.3, 0.4) is 0 Å². The highest BCUT2D eigenvalue weighted by Crippen LogP contribution is 2.39. The van der Waals surface area contributed by atoms with Crippen molar-refractivity contribution in [1.82, 2.24) is 15.5 Å². The lowest BCUT2D eigenvalue weighted by Gasteiger charge is -2.34. The number of nitrogens with zero attached hydrogens (tertiary/aromatic N) is 2. The molecule has 5 rings (SSSR count). The molecule has 2 aliphatic rings. The van der Waals surface area contributed by atoms with E-state index in [4.69, 9.17) is 0 Å². The maximum Gasteiger partial charge on any atom is 0.251 e. The molecule has 11 heteroatoms. The van der Waals surface area contributed by atoms with Crippen LogP contribution < -0.4 is 15.5 Å². The fourth-order valence-electron chi connectivity index (χ4n) is 5.59. The predicted octanol–water partition coefficient (Wildman–Crippen LogP) is 3.40. The second-order valence-corrected chi connectivity index (χ2v) is 10.9. The molecule has 0 aliphatic carbocycles. The molecule has 0 aromatic heterocycles. The van der Waals surface area contributed by atoms with Crippen LogP contribution in [0.4, 0.5) is 18.9 Å².